The van der Waals surface area contributed by atoms with Gasteiger partial charge in [-0.2, -0.15) is 0 Å². The van der Waals surface area contributed by atoms with E-state index in [4.69, 9.17) is 0 Å². The van der Waals surface area contributed by atoms with E-state index in [2.05, 4.69) is 0 Å². The van der Waals surface area contributed by atoms with Crippen molar-refractivity contribution in [3.05, 3.63) is 23.8 Å². The summed E-state index contributed by atoms with van der Waals surface area (Å²) in [6.07, 6.45) is 4.41. The van der Waals surface area contributed by atoms with Gasteiger partial charge in [0.2, 0.25) is 0 Å². The van der Waals surface area contributed by atoms with Gasteiger partial charge in [-0.3, -0.25) is 9.59 Å². The molecular formula is C22H29FO5. The number of halogens is 1. The second-order valence-corrected chi connectivity index (χ2v) is 9.75. The number of aliphatic hydroxyl groups is 3. The first kappa shape index (κ1) is 19.9. The minimum atomic E-state index is -1.98. The highest BCUT2D eigenvalue weighted by atomic mass is 19.1. The second-order valence-electron chi connectivity index (χ2n) is 9.75. The van der Waals surface area contributed by atoms with Gasteiger partial charge in [0, 0.05) is 23.2 Å². The van der Waals surface area contributed by atoms with Crippen LogP contribution in [0.3, 0.4) is 0 Å². The molecule has 4 aliphatic carbocycles. The molecule has 6 heteroatoms. The van der Waals surface area contributed by atoms with Crippen LogP contribution in [0.5, 0.6) is 0 Å². The van der Waals surface area contributed by atoms with E-state index >= 15 is 4.39 Å². The van der Waals surface area contributed by atoms with Gasteiger partial charge in [0.25, 0.3) is 0 Å². The molecule has 2 fully saturated rings. The zero-order valence-corrected chi connectivity index (χ0v) is 16.6. The Morgan fingerprint density at radius 1 is 1.32 bits per heavy atom. The molecule has 4 rings (SSSR count). The normalized spacial score (nSPS) is 52.5. The minimum Gasteiger partial charge on any atom is -0.390 e. The van der Waals surface area contributed by atoms with Gasteiger partial charge < -0.3 is 15.3 Å². The Bertz CT molecular complexity index is 805. The van der Waals surface area contributed by atoms with Crippen molar-refractivity contribution in [1.82, 2.24) is 0 Å². The lowest BCUT2D eigenvalue weighted by Gasteiger charge is -2.62. The molecule has 28 heavy (non-hydrogen) atoms. The number of ketones is 2. The van der Waals surface area contributed by atoms with Crippen molar-refractivity contribution < 1.29 is 29.3 Å². The number of allylic oxidation sites excluding steroid dienone is 4. The molecule has 154 valence electrons. The van der Waals surface area contributed by atoms with E-state index in [1.54, 1.807) is 26.8 Å². The van der Waals surface area contributed by atoms with Crippen molar-refractivity contribution in [2.75, 3.05) is 6.61 Å². The van der Waals surface area contributed by atoms with Crippen LogP contribution >= 0.6 is 0 Å². The number of Topliss-reactive ketones (excluding diaryl/α,β-unsaturated/α-hetero) is 1. The van der Waals surface area contributed by atoms with Crippen molar-refractivity contribution >= 4 is 11.6 Å². The van der Waals surface area contributed by atoms with Gasteiger partial charge in [-0.05, 0) is 44.1 Å². The largest absolute Gasteiger partial charge is 0.390 e. The van der Waals surface area contributed by atoms with E-state index in [1.165, 1.54) is 6.08 Å². The topological polar surface area (TPSA) is 94.8 Å². The second kappa shape index (κ2) is 5.83. The maximum absolute atomic E-state index is 16.9. The highest BCUT2D eigenvalue weighted by Gasteiger charge is 2.75. The first-order valence-corrected chi connectivity index (χ1v) is 10.1. The van der Waals surface area contributed by atoms with E-state index in [-0.39, 0.29) is 24.5 Å². The van der Waals surface area contributed by atoms with Gasteiger partial charge in [-0.1, -0.05) is 31.6 Å². The monoisotopic (exact) mass is 392 g/mol. The molecule has 3 N–H and O–H groups in total. The molecule has 0 heterocycles. The fourth-order valence-electron chi connectivity index (χ4n) is 7.17. The van der Waals surface area contributed by atoms with E-state index in [1.807, 2.05) is 6.08 Å². The maximum Gasteiger partial charge on any atom is 0.190 e. The summed E-state index contributed by atoms with van der Waals surface area (Å²) >= 11 is 0. The van der Waals surface area contributed by atoms with Crippen LogP contribution in [0, 0.1) is 28.6 Å². The van der Waals surface area contributed by atoms with Crippen LogP contribution in [0.25, 0.3) is 0 Å². The number of hydrogen-bond donors (Lipinski definition) is 3. The van der Waals surface area contributed by atoms with Crippen LogP contribution in [0.1, 0.15) is 46.5 Å². The molecule has 0 aromatic rings. The molecule has 8 atom stereocenters. The summed E-state index contributed by atoms with van der Waals surface area (Å²) in [4.78, 5) is 24.4. The predicted octanol–water partition coefficient (Wildman–Crippen LogP) is 1.90. The van der Waals surface area contributed by atoms with Crippen molar-refractivity contribution in [2.45, 2.75) is 63.8 Å². The molecule has 0 spiro atoms. The van der Waals surface area contributed by atoms with Crippen LogP contribution < -0.4 is 0 Å². The number of hydrogen-bond acceptors (Lipinski definition) is 5. The molecule has 2 saturated carbocycles. The summed E-state index contributed by atoms with van der Waals surface area (Å²) < 4.78 is 16.9. The molecule has 0 radical (unpaired) electrons. The lowest BCUT2D eigenvalue weighted by atomic mass is 9.45. The Morgan fingerprint density at radius 3 is 2.64 bits per heavy atom. The van der Waals surface area contributed by atoms with E-state index in [9.17, 15) is 24.9 Å². The summed E-state index contributed by atoms with van der Waals surface area (Å²) in [5.74, 6) is -2.09. The van der Waals surface area contributed by atoms with E-state index < -0.39 is 52.4 Å². The van der Waals surface area contributed by atoms with Gasteiger partial charge >= 0.3 is 0 Å². The molecule has 0 bridgehead atoms. The summed E-state index contributed by atoms with van der Waals surface area (Å²) in [6.45, 7) is 4.47. The Balaban J connectivity index is 1.85. The Hall–Kier alpha value is -1.37. The van der Waals surface area contributed by atoms with Gasteiger partial charge in [-0.25, -0.2) is 4.39 Å². The van der Waals surface area contributed by atoms with Crippen LogP contribution in [-0.4, -0.2) is 50.9 Å². The molecule has 5 nitrogen and oxygen atoms in total. The molecule has 0 amide bonds. The average Bonchev–Trinajstić information content (AvgIpc) is 2.84. The third-order valence-electron chi connectivity index (χ3n) is 8.75. The number of aliphatic hydroxyl groups excluding tert-OH is 2. The molecule has 0 saturated heterocycles. The van der Waals surface area contributed by atoms with Gasteiger partial charge in [0.1, 0.15) is 12.2 Å². The molecule has 0 aromatic heterocycles. The summed E-state index contributed by atoms with van der Waals surface area (Å²) in [5, 5.41) is 32.0. The van der Waals surface area contributed by atoms with E-state index in [0.717, 1.165) is 0 Å². The minimum absolute atomic E-state index is 0.0676. The van der Waals surface area contributed by atoms with Crippen LogP contribution in [0.4, 0.5) is 4.39 Å². The SMILES string of the molecule is C[C@@H]1CC2C3CC=C4CC(=O)C=C[C@]4(C)[C@@]3(F)[C@@H](O)C[C@]2(C)[C@@]1(O)C(=O)CO. The Morgan fingerprint density at radius 2 is 2.00 bits per heavy atom. The molecule has 4 aliphatic rings. The van der Waals surface area contributed by atoms with Crippen molar-refractivity contribution in [3.8, 4) is 0 Å². The highest BCUT2D eigenvalue weighted by molar-refractivity contribution is 5.93. The third-order valence-corrected chi connectivity index (χ3v) is 8.75. The van der Waals surface area contributed by atoms with Crippen LogP contribution in [0.2, 0.25) is 0 Å². The van der Waals surface area contributed by atoms with Crippen LogP contribution in [-0.2, 0) is 9.59 Å². The van der Waals surface area contributed by atoms with Crippen LogP contribution in [0.15, 0.2) is 23.8 Å². The smallest absolute Gasteiger partial charge is 0.190 e. The van der Waals surface area contributed by atoms with Crippen molar-refractivity contribution in [1.29, 1.82) is 0 Å². The molecule has 2 unspecified atom stereocenters. The Labute approximate surface area is 164 Å². The van der Waals surface area contributed by atoms with Crippen molar-refractivity contribution in [2.24, 2.45) is 28.6 Å². The quantitative estimate of drug-likeness (QED) is 0.624. The van der Waals surface area contributed by atoms with Gasteiger partial charge in [0.15, 0.2) is 17.2 Å². The van der Waals surface area contributed by atoms with Gasteiger partial charge in [0.05, 0.1) is 6.10 Å². The first-order valence-electron chi connectivity index (χ1n) is 10.1. The highest BCUT2D eigenvalue weighted by Crippen LogP contribution is 2.70. The number of carbonyl (C=O) groups is 2. The maximum atomic E-state index is 16.9. The third kappa shape index (κ3) is 2.01. The molecule has 0 aromatic carbocycles. The first-order chi connectivity index (χ1) is 13.0. The zero-order valence-electron chi connectivity index (χ0n) is 16.6. The molecular weight excluding hydrogens is 363 g/mol. The molecule has 0 aliphatic heterocycles. The summed E-state index contributed by atoms with van der Waals surface area (Å²) in [6, 6.07) is 0. The number of alkyl halides is 1. The zero-order chi connectivity index (χ0) is 20.7. The summed E-state index contributed by atoms with van der Waals surface area (Å²) in [7, 11) is 0. The fourth-order valence-corrected chi connectivity index (χ4v) is 7.17. The Kier molecular flexibility index (Phi) is 4.15. The average molecular weight is 392 g/mol. The standard InChI is InChI=1S/C22H29FO5/c1-12-8-16-15-5-4-13-9-14(25)6-7-19(13,2)21(15,23)17(26)10-20(16,3)22(12,28)18(27)11-24/h4,6-7,12,15-17,24,26,28H,5,8-11H2,1-3H3/t12-,15?,16?,17+,19+,20+,21+,22+/m1/s1. The summed E-state index contributed by atoms with van der Waals surface area (Å²) in [5.41, 5.74) is -5.18. The van der Waals surface area contributed by atoms with Gasteiger partial charge in [-0.15, -0.1) is 0 Å². The fraction of sp³-hybridized carbons (Fsp3) is 0.727. The number of fused-ring (bicyclic) bond motifs is 5. The van der Waals surface area contributed by atoms with E-state index in [0.29, 0.717) is 18.4 Å². The number of rotatable bonds is 2. The lowest BCUT2D eigenvalue weighted by Crippen LogP contribution is -2.69. The number of carbonyl (C=O) groups excluding carboxylic acids is 2. The lowest BCUT2D eigenvalue weighted by molar-refractivity contribution is -0.215. The predicted molar refractivity (Wildman–Crippen MR) is 99.9 cm³/mol. The van der Waals surface area contributed by atoms with Crippen molar-refractivity contribution in [3.63, 3.8) is 0 Å².